The molecule has 0 unspecified atom stereocenters. The summed E-state index contributed by atoms with van der Waals surface area (Å²) in [5, 5.41) is 0. The highest BCUT2D eigenvalue weighted by Crippen LogP contribution is 2.15. The standard InChI is InChI=1S/C19H20O2/c1-2-9-18(14-16-10-5-3-6-11-16)19(20)21-15-17-12-7-4-8-13-17/h2-8,10-13,18H,1,9,14-15H2/t18-/m0/s1. The van der Waals surface area contributed by atoms with Crippen LogP contribution in [0.4, 0.5) is 0 Å². The first-order valence-corrected chi connectivity index (χ1v) is 7.15. The van der Waals surface area contributed by atoms with Crippen LogP contribution in [0.15, 0.2) is 73.3 Å². The van der Waals surface area contributed by atoms with E-state index in [1.54, 1.807) is 6.08 Å². The van der Waals surface area contributed by atoms with Gasteiger partial charge in [-0.25, -0.2) is 0 Å². The maximum absolute atomic E-state index is 12.2. The summed E-state index contributed by atoms with van der Waals surface area (Å²) in [6.45, 7) is 4.06. The van der Waals surface area contributed by atoms with Crippen LogP contribution in [0.25, 0.3) is 0 Å². The lowest BCUT2D eigenvalue weighted by atomic mass is 9.96. The van der Waals surface area contributed by atoms with Crippen LogP contribution in [0, 0.1) is 5.92 Å². The molecule has 0 aromatic heterocycles. The Labute approximate surface area is 126 Å². The van der Waals surface area contributed by atoms with E-state index in [2.05, 4.69) is 6.58 Å². The number of hydrogen-bond acceptors (Lipinski definition) is 2. The monoisotopic (exact) mass is 280 g/mol. The van der Waals surface area contributed by atoms with E-state index in [0.29, 0.717) is 19.4 Å². The predicted octanol–water partition coefficient (Wildman–Crippen LogP) is 4.16. The van der Waals surface area contributed by atoms with Crippen molar-refractivity contribution in [2.75, 3.05) is 0 Å². The SMILES string of the molecule is C=CC[C@@H](Cc1ccccc1)C(=O)OCc1ccccc1. The molecule has 0 heterocycles. The highest BCUT2D eigenvalue weighted by molar-refractivity contribution is 5.73. The molecular formula is C19H20O2. The number of benzene rings is 2. The van der Waals surface area contributed by atoms with Crippen molar-refractivity contribution in [2.45, 2.75) is 19.4 Å². The average Bonchev–Trinajstić information content (AvgIpc) is 2.54. The Kier molecular flexibility index (Phi) is 5.77. The van der Waals surface area contributed by atoms with Gasteiger partial charge in [0.15, 0.2) is 0 Å². The molecule has 2 heteroatoms. The van der Waals surface area contributed by atoms with Crippen LogP contribution in [0.3, 0.4) is 0 Å². The van der Waals surface area contributed by atoms with Gasteiger partial charge in [0, 0.05) is 0 Å². The Hall–Kier alpha value is -2.35. The molecule has 0 spiro atoms. The first-order chi connectivity index (χ1) is 10.3. The quantitative estimate of drug-likeness (QED) is 0.562. The minimum Gasteiger partial charge on any atom is -0.461 e. The predicted molar refractivity (Wildman–Crippen MR) is 84.7 cm³/mol. The fourth-order valence-electron chi connectivity index (χ4n) is 2.21. The summed E-state index contributed by atoms with van der Waals surface area (Å²) in [5.74, 6) is -0.337. The van der Waals surface area contributed by atoms with Gasteiger partial charge in [0.25, 0.3) is 0 Å². The molecular weight excluding hydrogens is 260 g/mol. The minimum atomic E-state index is -0.173. The van der Waals surface area contributed by atoms with Crippen LogP contribution in [-0.2, 0) is 22.6 Å². The first kappa shape index (κ1) is 15.0. The lowest BCUT2D eigenvalue weighted by molar-refractivity contribution is -0.149. The van der Waals surface area contributed by atoms with Crippen LogP contribution in [0.5, 0.6) is 0 Å². The molecule has 0 saturated heterocycles. The highest BCUT2D eigenvalue weighted by atomic mass is 16.5. The Bertz CT molecular complexity index is 561. The minimum absolute atomic E-state index is 0.164. The summed E-state index contributed by atoms with van der Waals surface area (Å²) < 4.78 is 5.43. The van der Waals surface area contributed by atoms with Crippen LogP contribution < -0.4 is 0 Å². The third-order valence-corrected chi connectivity index (χ3v) is 3.33. The van der Waals surface area contributed by atoms with E-state index in [-0.39, 0.29) is 11.9 Å². The molecule has 0 amide bonds. The maximum atomic E-state index is 12.2. The van der Waals surface area contributed by atoms with Crippen LogP contribution in [0.1, 0.15) is 17.5 Å². The molecule has 21 heavy (non-hydrogen) atoms. The molecule has 0 aliphatic heterocycles. The van der Waals surface area contributed by atoms with Crippen LogP contribution in [-0.4, -0.2) is 5.97 Å². The normalized spacial score (nSPS) is 11.6. The second kappa shape index (κ2) is 8.05. The van der Waals surface area contributed by atoms with Crippen LogP contribution >= 0.6 is 0 Å². The largest absolute Gasteiger partial charge is 0.461 e. The summed E-state index contributed by atoms with van der Waals surface area (Å²) >= 11 is 0. The van der Waals surface area contributed by atoms with E-state index < -0.39 is 0 Å². The van der Waals surface area contributed by atoms with Crippen molar-refractivity contribution in [2.24, 2.45) is 5.92 Å². The van der Waals surface area contributed by atoms with Gasteiger partial charge in [0.1, 0.15) is 6.61 Å². The van der Waals surface area contributed by atoms with E-state index in [1.807, 2.05) is 60.7 Å². The second-order valence-electron chi connectivity index (χ2n) is 5.00. The molecule has 2 aromatic carbocycles. The molecule has 0 aliphatic carbocycles. The molecule has 2 rings (SSSR count). The Balaban J connectivity index is 1.94. The third-order valence-electron chi connectivity index (χ3n) is 3.33. The zero-order valence-electron chi connectivity index (χ0n) is 12.1. The van der Waals surface area contributed by atoms with Gasteiger partial charge in [-0.1, -0.05) is 66.7 Å². The Morgan fingerprint density at radius 3 is 2.14 bits per heavy atom. The summed E-state index contributed by atoms with van der Waals surface area (Å²) in [5.41, 5.74) is 2.14. The van der Waals surface area contributed by atoms with Gasteiger partial charge in [-0.05, 0) is 24.0 Å². The number of carbonyl (C=O) groups is 1. The van der Waals surface area contributed by atoms with Gasteiger partial charge in [0.2, 0.25) is 0 Å². The van der Waals surface area contributed by atoms with Crippen LogP contribution in [0.2, 0.25) is 0 Å². The van der Waals surface area contributed by atoms with E-state index >= 15 is 0 Å². The number of hydrogen-bond donors (Lipinski definition) is 0. The zero-order valence-corrected chi connectivity index (χ0v) is 12.1. The smallest absolute Gasteiger partial charge is 0.309 e. The number of carbonyl (C=O) groups excluding carboxylic acids is 1. The van der Waals surface area contributed by atoms with Gasteiger partial charge in [-0.3, -0.25) is 4.79 Å². The fraction of sp³-hybridized carbons (Fsp3) is 0.211. The number of allylic oxidation sites excluding steroid dienone is 1. The van der Waals surface area contributed by atoms with E-state index in [1.165, 1.54) is 0 Å². The van der Waals surface area contributed by atoms with Crippen molar-refractivity contribution < 1.29 is 9.53 Å². The average molecular weight is 280 g/mol. The van der Waals surface area contributed by atoms with Crippen molar-refractivity contribution in [1.82, 2.24) is 0 Å². The number of esters is 1. The molecule has 0 fully saturated rings. The molecule has 0 bridgehead atoms. The molecule has 0 aliphatic rings. The Morgan fingerprint density at radius 1 is 1.00 bits per heavy atom. The van der Waals surface area contributed by atoms with Gasteiger partial charge in [-0.2, -0.15) is 0 Å². The molecule has 1 atom stereocenters. The lowest BCUT2D eigenvalue weighted by Crippen LogP contribution is -2.19. The third kappa shape index (κ3) is 4.92. The van der Waals surface area contributed by atoms with Gasteiger partial charge in [-0.15, -0.1) is 6.58 Å². The van der Waals surface area contributed by atoms with Gasteiger partial charge in [0.05, 0.1) is 5.92 Å². The van der Waals surface area contributed by atoms with E-state index in [0.717, 1.165) is 11.1 Å². The summed E-state index contributed by atoms with van der Waals surface area (Å²) in [6.07, 6.45) is 3.08. The first-order valence-electron chi connectivity index (χ1n) is 7.15. The summed E-state index contributed by atoms with van der Waals surface area (Å²) in [4.78, 5) is 12.2. The van der Waals surface area contributed by atoms with E-state index in [4.69, 9.17) is 4.74 Å². The molecule has 0 radical (unpaired) electrons. The molecule has 108 valence electrons. The zero-order chi connectivity index (χ0) is 14.9. The molecule has 0 saturated carbocycles. The van der Waals surface area contributed by atoms with Gasteiger partial charge >= 0.3 is 5.97 Å². The number of ether oxygens (including phenoxy) is 1. The van der Waals surface area contributed by atoms with Crippen molar-refractivity contribution in [3.05, 3.63) is 84.4 Å². The molecule has 2 aromatic rings. The van der Waals surface area contributed by atoms with Gasteiger partial charge < -0.3 is 4.74 Å². The van der Waals surface area contributed by atoms with Crippen molar-refractivity contribution in [3.63, 3.8) is 0 Å². The second-order valence-corrected chi connectivity index (χ2v) is 5.00. The van der Waals surface area contributed by atoms with Crippen molar-refractivity contribution in [3.8, 4) is 0 Å². The molecule has 2 nitrogen and oxygen atoms in total. The maximum Gasteiger partial charge on any atom is 0.309 e. The number of rotatable bonds is 7. The van der Waals surface area contributed by atoms with Crippen molar-refractivity contribution in [1.29, 1.82) is 0 Å². The summed E-state index contributed by atoms with van der Waals surface area (Å²) in [7, 11) is 0. The lowest BCUT2D eigenvalue weighted by Gasteiger charge is -2.14. The fourth-order valence-corrected chi connectivity index (χ4v) is 2.21. The highest BCUT2D eigenvalue weighted by Gasteiger charge is 2.19. The summed E-state index contributed by atoms with van der Waals surface area (Å²) in [6, 6.07) is 19.7. The Morgan fingerprint density at radius 2 is 1.57 bits per heavy atom. The van der Waals surface area contributed by atoms with Crippen molar-refractivity contribution >= 4 is 5.97 Å². The topological polar surface area (TPSA) is 26.3 Å². The van der Waals surface area contributed by atoms with E-state index in [9.17, 15) is 4.79 Å². The molecule has 0 N–H and O–H groups in total.